The van der Waals surface area contributed by atoms with Gasteiger partial charge in [-0.25, -0.2) is 4.52 Å². The lowest BCUT2D eigenvalue weighted by Gasteiger charge is -2.13. The Hall–Kier alpha value is -2.17. The molecule has 3 heterocycles. The lowest BCUT2D eigenvalue weighted by molar-refractivity contribution is 0.394. The van der Waals surface area contributed by atoms with E-state index in [0.717, 1.165) is 29.1 Å². The molecule has 1 aliphatic rings. The largest absolute Gasteiger partial charge is 0.269 e. The fourth-order valence-electron chi connectivity index (χ4n) is 2.94. The first kappa shape index (κ1) is 11.6. The maximum atomic E-state index is 4.56. The van der Waals surface area contributed by atoms with Crippen LogP contribution in [0.1, 0.15) is 32.2 Å². The van der Waals surface area contributed by atoms with Crippen LogP contribution < -0.4 is 0 Å². The van der Waals surface area contributed by atoms with E-state index in [1.807, 2.05) is 23.0 Å². The smallest absolute Gasteiger partial charge is 0.0991 e. The molecule has 20 heavy (non-hydrogen) atoms. The highest BCUT2D eigenvalue weighted by Gasteiger charge is 2.31. The minimum Gasteiger partial charge on any atom is -0.269 e. The maximum Gasteiger partial charge on any atom is 0.0991 e. The molecule has 0 unspecified atom stereocenters. The van der Waals surface area contributed by atoms with Crippen molar-refractivity contribution in [1.29, 1.82) is 0 Å². The number of rotatable bonds is 4. The van der Waals surface area contributed by atoms with Gasteiger partial charge in [0.1, 0.15) is 0 Å². The highest BCUT2D eigenvalue weighted by Crippen LogP contribution is 2.41. The standard InChI is InChI=1S/C15H17N5/c1-2-13(11-3-4-11)20-10-12(9-18-20)15-14-5-6-17-19(14)8-7-16-15/h5-11,13H,2-4H2,1H3/t13-/m1/s1. The average Bonchev–Trinajstić information content (AvgIpc) is 3.01. The topological polar surface area (TPSA) is 48.0 Å². The summed E-state index contributed by atoms with van der Waals surface area (Å²) >= 11 is 0. The molecule has 5 heteroatoms. The van der Waals surface area contributed by atoms with Gasteiger partial charge >= 0.3 is 0 Å². The molecule has 1 atom stereocenters. The number of aromatic nitrogens is 5. The predicted octanol–water partition coefficient (Wildman–Crippen LogP) is 2.95. The summed E-state index contributed by atoms with van der Waals surface area (Å²) in [6.45, 7) is 2.24. The van der Waals surface area contributed by atoms with E-state index in [1.54, 1.807) is 12.4 Å². The molecular weight excluding hydrogens is 250 g/mol. The first-order valence-corrected chi connectivity index (χ1v) is 7.19. The van der Waals surface area contributed by atoms with E-state index >= 15 is 0 Å². The summed E-state index contributed by atoms with van der Waals surface area (Å²) in [6, 6.07) is 2.52. The number of nitrogens with zero attached hydrogens (tertiary/aromatic N) is 5. The van der Waals surface area contributed by atoms with E-state index in [1.165, 1.54) is 12.8 Å². The van der Waals surface area contributed by atoms with Crippen LogP contribution >= 0.6 is 0 Å². The van der Waals surface area contributed by atoms with E-state index < -0.39 is 0 Å². The number of hydrogen-bond acceptors (Lipinski definition) is 3. The molecule has 3 aromatic rings. The minimum atomic E-state index is 0.536. The Bertz CT molecular complexity index is 737. The molecule has 1 aliphatic carbocycles. The van der Waals surface area contributed by atoms with Crippen molar-refractivity contribution in [2.24, 2.45) is 5.92 Å². The van der Waals surface area contributed by atoms with Crippen LogP contribution in [0.4, 0.5) is 0 Å². The van der Waals surface area contributed by atoms with Gasteiger partial charge in [0.25, 0.3) is 0 Å². The van der Waals surface area contributed by atoms with Gasteiger partial charge < -0.3 is 0 Å². The summed E-state index contributed by atoms with van der Waals surface area (Å²) in [5.41, 5.74) is 3.03. The van der Waals surface area contributed by atoms with Crippen LogP contribution in [-0.4, -0.2) is 24.4 Å². The quantitative estimate of drug-likeness (QED) is 0.730. The summed E-state index contributed by atoms with van der Waals surface area (Å²) in [5.74, 6) is 0.812. The van der Waals surface area contributed by atoms with Gasteiger partial charge in [0.05, 0.1) is 29.6 Å². The van der Waals surface area contributed by atoms with Crippen molar-refractivity contribution in [3.05, 3.63) is 37.1 Å². The van der Waals surface area contributed by atoms with Crippen LogP contribution in [0.25, 0.3) is 16.8 Å². The van der Waals surface area contributed by atoms with E-state index in [0.29, 0.717) is 6.04 Å². The van der Waals surface area contributed by atoms with Crippen LogP contribution in [0, 0.1) is 5.92 Å². The summed E-state index contributed by atoms with van der Waals surface area (Å²) in [5, 5.41) is 8.81. The first-order chi connectivity index (χ1) is 9.86. The van der Waals surface area contributed by atoms with Gasteiger partial charge in [-0.3, -0.25) is 9.67 Å². The molecule has 0 radical (unpaired) electrons. The third kappa shape index (κ3) is 1.81. The summed E-state index contributed by atoms with van der Waals surface area (Å²) in [7, 11) is 0. The normalized spacial score (nSPS) is 16.6. The molecular formula is C15H17N5. The number of fused-ring (bicyclic) bond motifs is 1. The number of hydrogen-bond donors (Lipinski definition) is 0. The predicted molar refractivity (Wildman–Crippen MR) is 76.3 cm³/mol. The van der Waals surface area contributed by atoms with Gasteiger partial charge in [0, 0.05) is 24.2 Å². The maximum absolute atomic E-state index is 4.56. The third-order valence-corrected chi connectivity index (χ3v) is 4.12. The van der Waals surface area contributed by atoms with Crippen LogP contribution in [0.15, 0.2) is 37.1 Å². The van der Waals surface area contributed by atoms with Gasteiger partial charge in [0.2, 0.25) is 0 Å². The van der Waals surface area contributed by atoms with Gasteiger partial charge in [-0.1, -0.05) is 6.92 Å². The molecule has 3 aromatic heterocycles. The highest BCUT2D eigenvalue weighted by molar-refractivity contribution is 5.75. The van der Waals surface area contributed by atoms with Crippen molar-refractivity contribution in [1.82, 2.24) is 24.4 Å². The lowest BCUT2D eigenvalue weighted by Crippen LogP contribution is -2.10. The summed E-state index contributed by atoms with van der Waals surface area (Å²) < 4.78 is 3.96. The Kier molecular flexibility index (Phi) is 2.58. The van der Waals surface area contributed by atoms with Crippen molar-refractivity contribution in [3.63, 3.8) is 0 Å². The SMILES string of the molecule is CC[C@H](C1CC1)n1cc(-c2nccn3nccc23)cn1. The van der Waals surface area contributed by atoms with Crippen LogP contribution in [0.5, 0.6) is 0 Å². The molecule has 1 saturated carbocycles. The fraction of sp³-hybridized carbons (Fsp3) is 0.400. The van der Waals surface area contributed by atoms with Gasteiger partial charge in [0.15, 0.2) is 0 Å². The van der Waals surface area contributed by atoms with Crippen molar-refractivity contribution < 1.29 is 0 Å². The zero-order valence-electron chi connectivity index (χ0n) is 11.5. The van der Waals surface area contributed by atoms with Crippen molar-refractivity contribution in [3.8, 4) is 11.3 Å². The van der Waals surface area contributed by atoms with Gasteiger partial charge in [-0.2, -0.15) is 10.2 Å². The molecule has 0 aromatic carbocycles. The zero-order valence-corrected chi connectivity index (χ0v) is 11.5. The van der Waals surface area contributed by atoms with Gasteiger partial charge in [-0.15, -0.1) is 0 Å². The second-order valence-corrected chi connectivity index (χ2v) is 5.46. The molecule has 0 spiro atoms. The molecule has 1 fully saturated rings. The van der Waals surface area contributed by atoms with Crippen LogP contribution in [-0.2, 0) is 0 Å². The lowest BCUT2D eigenvalue weighted by atomic mass is 10.1. The van der Waals surface area contributed by atoms with E-state index in [2.05, 4.69) is 33.0 Å². The minimum absolute atomic E-state index is 0.536. The Morgan fingerprint density at radius 1 is 1.30 bits per heavy atom. The zero-order chi connectivity index (χ0) is 13.5. The average molecular weight is 267 g/mol. The Morgan fingerprint density at radius 2 is 2.20 bits per heavy atom. The van der Waals surface area contributed by atoms with Crippen molar-refractivity contribution in [2.45, 2.75) is 32.2 Å². The molecule has 0 aliphatic heterocycles. The molecule has 102 valence electrons. The second kappa shape index (κ2) is 4.44. The first-order valence-electron chi connectivity index (χ1n) is 7.19. The summed E-state index contributed by atoms with van der Waals surface area (Å²) in [6.07, 6.45) is 13.3. The van der Waals surface area contributed by atoms with Crippen LogP contribution in [0.2, 0.25) is 0 Å². The van der Waals surface area contributed by atoms with Gasteiger partial charge in [-0.05, 0) is 31.2 Å². The molecule has 4 rings (SSSR count). The highest BCUT2D eigenvalue weighted by atomic mass is 15.3. The van der Waals surface area contributed by atoms with E-state index in [-0.39, 0.29) is 0 Å². The molecule has 0 N–H and O–H groups in total. The van der Waals surface area contributed by atoms with Crippen molar-refractivity contribution in [2.75, 3.05) is 0 Å². The molecule has 0 amide bonds. The third-order valence-electron chi connectivity index (χ3n) is 4.12. The monoisotopic (exact) mass is 267 g/mol. The fourth-order valence-corrected chi connectivity index (χ4v) is 2.94. The van der Waals surface area contributed by atoms with E-state index in [4.69, 9.17) is 0 Å². The molecule has 0 saturated heterocycles. The Morgan fingerprint density at radius 3 is 3.00 bits per heavy atom. The molecule has 5 nitrogen and oxygen atoms in total. The Labute approximate surface area is 117 Å². The van der Waals surface area contributed by atoms with Crippen LogP contribution in [0.3, 0.4) is 0 Å². The van der Waals surface area contributed by atoms with E-state index in [9.17, 15) is 0 Å². The van der Waals surface area contributed by atoms with Crippen molar-refractivity contribution >= 4 is 5.52 Å². The molecule has 0 bridgehead atoms. The Balaban J connectivity index is 1.75. The second-order valence-electron chi connectivity index (χ2n) is 5.46. The summed E-state index contributed by atoms with van der Waals surface area (Å²) in [4.78, 5) is 4.49.